The molecule has 0 unspecified atom stereocenters. The van der Waals surface area contributed by atoms with Crippen LogP contribution >= 0.6 is 0 Å². The molecule has 0 atom stereocenters. The van der Waals surface area contributed by atoms with E-state index in [-0.39, 0.29) is 11.3 Å². The van der Waals surface area contributed by atoms with Crippen LogP contribution in [0.25, 0.3) is 0 Å². The monoisotopic (exact) mass is 233 g/mol. The fraction of sp³-hybridized carbons (Fsp3) is 0.429. The summed E-state index contributed by atoms with van der Waals surface area (Å²) in [6, 6.07) is 6.73. The quantitative estimate of drug-likeness (QED) is 0.747. The van der Waals surface area contributed by atoms with Crippen molar-refractivity contribution < 1.29 is 9.18 Å². The molecule has 0 fully saturated rings. The van der Waals surface area contributed by atoms with E-state index in [4.69, 9.17) is 5.26 Å². The third kappa shape index (κ3) is 3.39. The van der Waals surface area contributed by atoms with Crippen LogP contribution in [0.1, 0.15) is 43.1 Å². The van der Waals surface area contributed by atoms with E-state index < -0.39 is 11.2 Å². The molecule has 0 N–H and O–H groups in total. The molecule has 2 nitrogen and oxygen atoms in total. The number of benzene rings is 1. The van der Waals surface area contributed by atoms with Gasteiger partial charge in [-0.25, -0.2) is 4.39 Å². The summed E-state index contributed by atoms with van der Waals surface area (Å²) in [7, 11) is 0. The zero-order valence-electron chi connectivity index (χ0n) is 10.4. The highest BCUT2D eigenvalue weighted by Crippen LogP contribution is 2.22. The molecule has 1 aromatic rings. The minimum Gasteiger partial charge on any atom is -0.294 e. The normalized spacial score (nSPS) is 11.0. The van der Waals surface area contributed by atoms with E-state index in [9.17, 15) is 9.18 Å². The first-order valence-corrected chi connectivity index (χ1v) is 5.62. The van der Waals surface area contributed by atoms with Crippen molar-refractivity contribution in [3.05, 3.63) is 35.1 Å². The lowest BCUT2D eigenvalue weighted by atomic mass is 9.87. The van der Waals surface area contributed by atoms with Gasteiger partial charge in [0, 0.05) is 6.42 Å². The average Bonchev–Trinajstić information content (AvgIpc) is 2.28. The van der Waals surface area contributed by atoms with Crippen molar-refractivity contribution >= 4 is 5.78 Å². The van der Waals surface area contributed by atoms with Gasteiger partial charge in [-0.15, -0.1) is 0 Å². The third-order valence-electron chi connectivity index (χ3n) is 2.60. The molecule has 0 radical (unpaired) electrons. The maximum Gasteiger partial charge on any atom is 0.165 e. The average molecular weight is 233 g/mol. The lowest BCUT2D eigenvalue weighted by Crippen LogP contribution is -2.12. The predicted octanol–water partition coefficient (Wildman–Crippen LogP) is 3.51. The molecule has 0 heterocycles. The Morgan fingerprint density at radius 1 is 1.47 bits per heavy atom. The van der Waals surface area contributed by atoms with Crippen LogP contribution in [0.4, 0.5) is 4.39 Å². The molecule has 3 heteroatoms. The molecular weight excluding hydrogens is 217 g/mol. The highest BCUT2D eigenvalue weighted by Gasteiger charge is 2.18. The summed E-state index contributed by atoms with van der Waals surface area (Å²) < 4.78 is 13.7. The number of hydrogen-bond donors (Lipinski definition) is 0. The summed E-state index contributed by atoms with van der Waals surface area (Å²) in [6.07, 6.45) is 0.765. The molecule has 0 aliphatic heterocycles. The minimum atomic E-state index is -0.525. The second-order valence-corrected chi connectivity index (χ2v) is 4.76. The van der Waals surface area contributed by atoms with Gasteiger partial charge in [0.15, 0.2) is 5.78 Å². The van der Waals surface area contributed by atoms with Crippen molar-refractivity contribution in [2.24, 2.45) is 5.41 Å². The van der Waals surface area contributed by atoms with Gasteiger partial charge in [0.25, 0.3) is 0 Å². The first-order valence-electron chi connectivity index (χ1n) is 5.62. The number of nitriles is 1. The maximum absolute atomic E-state index is 13.7. The van der Waals surface area contributed by atoms with Gasteiger partial charge in [0.05, 0.1) is 17.0 Å². The molecule has 1 aromatic carbocycles. The number of hydrogen-bond acceptors (Lipinski definition) is 2. The smallest absolute Gasteiger partial charge is 0.165 e. The van der Waals surface area contributed by atoms with Crippen LogP contribution in [0.2, 0.25) is 0 Å². The number of Topliss-reactive ketones (excluding diaryl/α,β-unsaturated/α-hetero) is 1. The van der Waals surface area contributed by atoms with Crippen LogP contribution in [0.3, 0.4) is 0 Å². The Labute approximate surface area is 101 Å². The molecule has 0 saturated heterocycles. The Morgan fingerprint density at radius 3 is 2.59 bits per heavy atom. The van der Waals surface area contributed by atoms with Crippen LogP contribution in [0.15, 0.2) is 18.2 Å². The summed E-state index contributed by atoms with van der Waals surface area (Å²) >= 11 is 0. The van der Waals surface area contributed by atoms with E-state index >= 15 is 0 Å². The van der Waals surface area contributed by atoms with Crippen molar-refractivity contribution in [3.8, 4) is 6.07 Å². The lowest BCUT2D eigenvalue weighted by Gasteiger charge is -2.15. The van der Waals surface area contributed by atoms with E-state index in [1.54, 1.807) is 26.8 Å². The van der Waals surface area contributed by atoms with Crippen LogP contribution in [-0.2, 0) is 6.42 Å². The number of carbonyl (C=O) groups is 1. The topological polar surface area (TPSA) is 40.9 Å². The van der Waals surface area contributed by atoms with Crippen LogP contribution < -0.4 is 0 Å². The molecule has 0 aliphatic carbocycles. The maximum atomic E-state index is 13.7. The summed E-state index contributed by atoms with van der Waals surface area (Å²) in [5.74, 6) is -0.698. The number of rotatable bonds is 4. The zero-order chi connectivity index (χ0) is 13.1. The van der Waals surface area contributed by atoms with Gasteiger partial charge < -0.3 is 0 Å². The van der Waals surface area contributed by atoms with E-state index in [0.717, 1.165) is 5.56 Å². The van der Waals surface area contributed by atoms with E-state index in [1.165, 1.54) is 12.1 Å². The second-order valence-electron chi connectivity index (χ2n) is 4.76. The van der Waals surface area contributed by atoms with Gasteiger partial charge >= 0.3 is 0 Å². The fourth-order valence-corrected chi connectivity index (χ4v) is 1.63. The Hall–Kier alpha value is -1.69. The molecule has 90 valence electrons. The van der Waals surface area contributed by atoms with Gasteiger partial charge in [-0.3, -0.25) is 4.79 Å². The first kappa shape index (κ1) is 13.4. The van der Waals surface area contributed by atoms with Crippen LogP contribution in [0.5, 0.6) is 0 Å². The lowest BCUT2D eigenvalue weighted by molar-refractivity contribution is 0.0984. The van der Waals surface area contributed by atoms with Gasteiger partial charge in [-0.1, -0.05) is 13.0 Å². The van der Waals surface area contributed by atoms with Crippen molar-refractivity contribution in [2.45, 2.75) is 33.6 Å². The molecule has 17 heavy (non-hydrogen) atoms. The SMILES string of the molecule is CCC(=O)c1ccc(CC(C)(C)C#N)cc1F. The number of carbonyl (C=O) groups excluding carboxylic acids is 1. The fourth-order valence-electron chi connectivity index (χ4n) is 1.63. The van der Waals surface area contributed by atoms with Gasteiger partial charge in [-0.2, -0.15) is 5.26 Å². The molecular formula is C14H16FNO. The number of nitrogens with zero attached hydrogens (tertiary/aromatic N) is 1. The van der Waals surface area contributed by atoms with Gasteiger partial charge in [0.1, 0.15) is 5.82 Å². The summed E-state index contributed by atoms with van der Waals surface area (Å²) in [4.78, 5) is 11.4. The van der Waals surface area contributed by atoms with Crippen molar-refractivity contribution in [3.63, 3.8) is 0 Å². The van der Waals surface area contributed by atoms with Crippen LogP contribution in [0, 0.1) is 22.6 Å². The molecule has 0 aliphatic rings. The highest BCUT2D eigenvalue weighted by molar-refractivity contribution is 5.96. The Morgan fingerprint density at radius 2 is 2.12 bits per heavy atom. The van der Waals surface area contributed by atoms with Crippen molar-refractivity contribution in [1.29, 1.82) is 5.26 Å². The Kier molecular flexibility index (Phi) is 4.01. The zero-order valence-corrected chi connectivity index (χ0v) is 10.4. The minimum absolute atomic E-state index is 0.131. The van der Waals surface area contributed by atoms with E-state index in [2.05, 4.69) is 6.07 Å². The molecule has 0 saturated carbocycles. The molecule has 0 bridgehead atoms. The molecule has 0 spiro atoms. The van der Waals surface area contributed by atoms with E-state index in [1.807, 2.05) is 0 Å². The van der Waals surface area contributed by atoms with Crippen molar-refractivity contribution in [2.75, 3.05) is 0 Å². The number of ketones is 1. The predicted molar refractivity (Wildman–Crippen MR) is 64.1 cm³/mol. The summed E-state index contributed by atoms with van der Waals surface area (Å²) in [6.45, 7) is 5.31. The second kappa shape index (κ2) is 5.09. The van der Waals surface area contributed by atoms with Crippen LogP contribution in [-0.4, -0.2) is 5.78 Å². The van der Waals surface area contributed by atoms with E-state index in [0.29, 0.717) is 12.8 Å². The molecule has 0 aromatic heterocycles. The highest BCUT2D eigenvalue weighted by atomic mass is 19.1. The number of halogens is 1. The van der Waals surface area contributed by atoms with Gasteiger partial charge in [-0.05, 0) is 38.0 Å². The molecule has 0 amide bonds. The van der Waals surface area contributed by atoms with Crippen molar-refractivity contribution in [1.82, 2.24) is 0 Å². The summed E-state index contributed by atoms with van der Waals surface area (Å²) in [5, 5.41) is 8.91. The summed E-state index contributed by atoms with van der Waals surface area (Å²) in [5.41, 5.74) is 0.343. The third-order valence-corrected chi connectivity index (χ3v) is 2.60. The standard InChI is InChI=1S/C14H16FNO/c1-4-13(17)11-6-5-10(7-12(11)15)8-14(2,3)9-16/h5-7H,4,8H2,1-3H3. The Balaban J connectivity index is 2.98. The molecule has 1 rings (SSSR count). The van der Waals surface area contributed by atoms with Gasteiger partial charge in [0.2, 0.25) is 0 Å². The Bertz CT molecular complexity index is 472. The first-order chi connectivity index (χ1) is 7.89. The largest absolute Gasteiger partial charge is 0.294 e.